The number of benzene rings is 3. The molecule has 3 aromatic rings. The van der Waals surface area contributed by atoms with Gasteiger partial charge in [0.2, 0.25) is 0 Å². The SMILES string of the molecule is Cc1ccc(NC(=O)c2cccc(C(=O)Nc3ccccc3C#N)c2)c(C)c1. The van der Waals surface area contributed by atoms with Crippen LogP contribution in [0.3, 0.4) is 0 Å². The molecule has 0 saturated heterocycles. The Morgan fingerprint density at radius 1 is 0.786 bits per heavy atom. The van der Waals surface area contributed by atoms with Crippen LogP contribution < -0.4 is 10.6 Å². The third-order valence-corrected chi connectivity index (χ3v) is 4.31. The molecule has 3 rings (SSSR count). The molecule has 3 aromatic carbocycles. The molecule has 28 heavy (non-hydrogen) atoms. The average Bonchev–Trinajstić information content (AvgIpc) is 2.70. The van der Waals surface area contributed by atoms with Crippen LogP contribution in [-0.4, -0.2) is 11.8 Å². The molecule has 0 unspecified atom stereocenters. The van der Waals surface area contributed by atoms with Crippen LogP contribution in [-0.2, 0) is 0 Å². The first-order valence-corrected chi connectivity index (χ1v) is 8.77. The Bertz CT molecular complexity index is 1100. The molecule has 0 aliphatic heterocycles. The summed E-state index contributed by atoms with van der Waals surface area (Å²) in [5, 5.41) is 14.7. The monoisotopic (exact) mass is 369 g/mol. The molecule has 0 aliphatic rings. The maximum Gasteiger partial charge on any atom is 0.255 e. The van der Waals surface area contributed by atoms with Crippen molar-refractivity contribution in [3.05, 3.63) is 94.5 Å². The van der Waals surface area contributed by atoms with Gasteiger partial charge in [0.1, 0.15) is 6.07 Å². The predicted octanol–water partition coefficient (Wildman–Crippen LogP) is 4.68. The van der Waals surface area contributed by atoms with Gasteiger partial charge in [-0.15, -0.1) is 0 Å². The summed E-state index contributed by atoms with van der Waals surface area (Å²) < 4.78 is 0. The lowest BCUT2D eigenvalue weighted by Gasteiger charge is -2.11. The van der Waals surface area contributed by atoms with Crippen molar-refractivity contribution in [1.82, 2.24) is 0 Å². The lowest BCUT2D eigenvalue weighted by atomic mass is 10.1. The fraction of sp³-hybridized carbons (Fsp3) is 0.0870. The fourth-order valence-electron chi connectivity index (χ4n) is 2.83. The Morgan fingerprint density at radius 2 is 1.43 bits per heavy atom. The van der Waals surface area contributed by atoms with Gasteiger partial charge >= 0.3 is 0 Å². The van der Waals surface area contributed by atoms with E-state index >= 15 is 0 Å². The number of hydrogen-bond acceptors (Lipinski definition) is 3. The van der Waals surface area contributed by atoms with E-state index in [9.17, 15) is 9.59 Å². The number of para-hydroxylation sites is 1. The minimum Gasteiger partial charge on any atom is -0.322 e. The van der Waals surface area contributed by atoms with E-state index in [-0.39, 0.29) is 11.8 Å². The van der Waals surface area contributed by atoms with Crippen LogP contribution in [0.4, 0.5) is 11.4 Å². The van der Waals surface area contributed by atoms with Crippen LogP contribution in [0.25, 0.3) is 0 Å². The Labute approximate surface area is 163 Å². The number of carbonyl (C=O) groups excluding carboxylic acids is 2. The number of nitrogens with zero attached hydrogens (tertiary/aromatic N) is 1. The second kappa shape index (κ2) is 8.19. The number of rotatable bonds is 4. The molecule has 138 valence electrons. The van der Waals surface area contributed by atoms with Gasteiger partial charge < -0.3 is 10.6 Å². The Balaban J connectivity index is 1.78. The van der Waals surface area contributed by atoms with Crippen LogP contribution in [0.15, 0.2) is 66.7 Å². The van der Waals surface area contributed by atoms with Crippen molar-refractivity contribution in [2.24, 2.45) is 0 Å². The highest BCUT2D eigenvalue weighted by molar-refractivity contribution is 6.09. The summed E-state index contributed by atoms with van der Waals surface area (Å²) in [4.78, 5) is 25.2. The second-order valence-electron chi connectivity index (χ2n) is 6.46. The Hall–Kier alpha value is -3.91. The zero-order valence-electron chi connectivity index (χ0n) is 15.6. The molecule has 0 atom stereocenters. The van der Waals surface area contributed by atoms with Crippen molar-refractivity contribution in [3.8, 4) is 6.07 Å². The first-order chi connectivity index (χ1) is 13.5. The van der Waals surface area contributed by atoms with E-state index in [1.807, 2.05) is 38.1 Å². The van der Waals surface area contributed by atoms with Crippen molar-refractivity contribution < 1.29 is 9.59 Å². The number of anilines is 2. The summed E-state index contributed by atoms with van der Waals surface area (Å²) in [6.07, 6.45) is 0. The van der Waals surface area contributed by atoms with Crippen LogP contribution >= 0.6 is 0 Å². The van der Waals surface area contributed by atoms with Crippen LogP contribution in [0.5, 0.6) is 0 Å². The van der Waals surface area contributed by atoms with Crippen LogP contribution in [0.2, 0.25) is 0 Å². The Morgan fingerprint density at radius 3 is 2.07 bits per heavy atom. The molecular weight excluding hydrogens is 350 g/mol. The largest absolute Gasteiger partial charge is 0.322 e. The van der Waals surface area contributed by atoms with Crippen LogP contribution in [0.1, 0.15) is 37.4 Å². The molecule has 0 bridgehead atoms. The maximum absolute atomic E-state index is 12.6. The molecule has 2 N–H and O–H groups in total. The van der Waals surface area contributed by atoms with Gasteiger partial charge in [-0.1, -0.05) is 35.9 Å². The molecule has 5 heteroatoms. The average molecular weight is 369 g/mol. The minimum absolute atomic E-state index is 0.293. The molecule has 0 aliphatic carbocycles. The highest BCUT2D eigenvalue weighted by atomic mass is 16.2. The summed E-state index contributed by atoms with van der Waals surface area (Å²) in [7, 11) is 0. The second-order valence-corrected chi connectivity index (χ2v) is 6.46. The maximum atomic E-state index is 12.6. The van der Waals surface area contributed by atoms with Gasteiger partial charge in [-0.2, -0.15) is 5.26 Å². The number of carbonyl (C=O) groups is 2. The summed E-state index contributed by atoms with van der Waals surface area (Å²) in [6, 6.07) is 21.0. The van der Waals surface area contributed by atoms with E-state index in [0.717, 1.165) is 16.8 Å². The van der Waals surface area contributed by atoms with E-state index in [4.69, 9.17) is 5.26 Å². The molecule has 0 radical (unpaired) electrons. The van der Waals surface area contributed by atoms with Gasteiger partial charge in [0.25, 0.3) is 11.8 Å². The summed E-state index contributed by atoms with van der Waals surface area (Å²) in [6.45, 7) is 3.92. The molecule has 0 spiro atoms. The first kappa shape index (κ1) is 18.9. The van der Waals surface area contributed by atoms with Crippen molar-refractivity contribution >= 4 is 23.2 Å². The van der Waals surface area contributed by atoms with Crippen molar-refractivity contribution in [2.45, 2.75) is 13.8 Å². The van der Waals surface area contributed by atoms with Gasteiger partial charge in [-0.05, 0) is 55.8 Å². The third kappa shape index (κ3) is 4.25. The smallest absolute Gasteiger partial charge is 0.255 e. The first-order valence-electron chi connectivity index (χ1n) is 8.77. The number of nitrogens with one attached hydrogen (secondary N) is 2. The molecule has 2 amide bonds. The zero-order valence-corrected chi connectivity index (χ0v) is 15.6. The quantitative estimate of drug-likeness (QED) is 0.700. The molecule has 5 nitrogen and oxygen atoms in total. The summed E-state index contributed by atoms with van der Waals surface area (Å²) >= 11 is 0. The minimum atomic E-state index is -0.385. The molecule has 0 heterocycles. The Kier molecular flexibility index (Phi) is 5.52. The zero-order chi connectivity index (χ0) is 20.1. The fourth-order valence-corrected chi connectivity index (χ4v) is 2.83. The van der Waals surface area contributed by atoms with E-state index < -0.39 is 0 Å². The van der Waals surface area contributed by atoms with Crippen molar-refractivity contribution in [3.63, 3.8) is 0 Å². The van der Waals surface area contributed by atoms with Gasteiger partial charge in [-0.3, -0.25) is 9.59 Å². The van der Waals surface area contributed by atoms with Crippen LogP contribution in [0, 0.1) is 25.2 Å². The number of nitriles is 1. The van der Waals surface area contributed by atoms with Gasteiger partial charge in [-0.25, -0.2) is 0 Å². The topological polar surface area (TPSA) is 82.0 Å². The normalized spacial score (nSPS) is 10.0. The van der Waals surface area contributed by atoms with Crippen molar-refractivity contribution in [2.75, 3.05) is 10.6 Å². The number of hydrogen-bond donors (Lipinski definition) is 2. The lowest BCUT2D eigenvalue weighted by molar-refractivity contribution is 0.102. The highest BCUT2D eigenvalue weighted by Gasteiger charge is 2.13. The van der Waals surface area contributed by atoms with E-state index in [1.54, 1.807) is 42.5 Å². The summed E-state index contributed by atoms with van der Waals surface area (Å²) in [5.74, 6) is -0.678. The summed E-state index contributed by atoms with van der Waals surface area (Å²) in [5.41, 5.74) is 4.33. The van der Waals surface area contributed by atoms with Gasteiger partial charge in [0.05, 0.1) is 11.3 Å². The predicted molar refractivity (Wildman–Crippen MR) is 109 cm³/mol. The standard InChI is InChI=1S/C23H19N3O2/c1-15-10-11-20(16(2)12-15)25-22(27)17-7-5-8-18(13-17)23(28)26-21-9-4-3-6-19(21)14-24/h3-13H,1-2H3,(H,25,27)(H,26,28). The molecule has 0 fully saturated rings. The van der Waals surface area contributed by atoms with E-state index in [2.05, 4.69) is 10.6 Å². The van der Waals surface area contributed by atoms with E-state index in [1.165, 1.54) is 6.07 Å². The van der Waals surface area contributed by atoms with E-state index in [0.29, 0.717) is 22.4 Å². The van der Waals surface area contributed by atoms with Gasteiger partial charge in [0.15, 0.2) is 0 Å². The molecule has 0 saturated carbocycles. The lowest BCUT2D eigenvalue weighted by Crippen LogP contribution is -2.16. The molecule has 0 aromatic heterocycles. The number of amides is 2. The number of aryl methyl sites for hydroxylation is 2. The van der Waals surface area contributed by atoms with Crippen molar-refractivity contribution in [1.29, 1.82) is 5.26 Å². The van der Waals surface area contributed by atoms with Gasteiger partial charge in [0, 0.05) is 16.8 Å². The third-order valence-electron chi connectivity index (χ3n) is 4.31. The highest BCUT2D eigenvalue weighted by Crippen LogP contribution is 2.18. The molecular formula is C23H19N3O2.